The van der Waals surface area contributed by atoms with E-state index in [-0.39, 0.29) is 18.6 Å². The van der Waals surface area contributed by atoms with Crippen molar-refractivity contribution in [1.82, 2.24) is 15.5 Å². The van der Waals surface area contributed by atoms with E-state index in [1.165, 1.54) is 11.3 Å². The Morgan fingerprint density at radius 3 is 3.21 bits per heavy atom. The van der Waals surface area contributed by atoms with Gasteiger partial charge in [0, 0.05) is 17.3 Å². The predicted molar refractivity (Wildman–Crippen MR) is 72.8 cm³/mol. The first-order valence-electron chi connectivity index (χ1n) is 5.69. The largest absolute Gasteiger partial charge is 0.384 e. The van der Waals surface area contributed by atoms with Crippen molar-refractivity contribution >= 4 is 17.2 Å². The number of aromatic nitrogens is 2. The number of H-pyrrole nitrogens is 1. The van der Waals surface area contributed by atoms with Crippen LogP contribution in [-0.2, 0) is 0 Å². The van der Waals surface area contributed by atoms with Gasteiger partial charge >= 0.3 is 0 Å². The van der Waals surface area contributed by atoms with Crippen LogP contribution in [0.1, 0.15) is 33.8 Å². The topological polar surface area (TPSA) is 78.0 Å². The zero-order valence-corrected chi connectivity index (χ0v) is 11.1. The number of aliphatic hydroxyl groups is 1. The van der Waals surface area contributed by atoms with Gasteiger partial charge in [0.2, 0.25) is 0 Å². The number of amides is 1. The average Bonchev–Trinajstić information content (AvgIpc) is 3.07. The highest BCUT2D eigenvalue weighted by Crippen LogP contribution is 2.18. The molecule has 1 atom stereocenters. The van der Waals surface area contributed by atoms with Crippen molar-refractivity contribution in [2.24, 2.45) is 0 Å². The fraction of sp³-hybridized carbons (Fsp3) is 0.231. The monoisotopic (exact) mass is 275 g/mol. The molecule has 0 spiro atoms. The lowest BCUT2D eigenvalue weighted by Crippen LogP contribution is -2.26. The highest BCUT2D eigenvalue weighted by Gasteiger charge is 2.15. The molecule has 6 heteroatoms. The highest BCUT2D eigenvalue weighted by atomic mass is 32.1. The molecule has 2 aromatic heterocycles. The number of nitrogens with one attached hydrogen (secondary N) is 2. The van der Waals surface area contributed by atoms with Gasteiger partial charge in [-0.05, 0) is 18.4 Å². The molecule has 0 saturated carbocycles. The molecular weight excluding hydrogens is 262 g/mol. The normalized spacial score (nSPS) is 11.5. The molecule has 2 rings (SSSR count). The highest BCUT2D eigenvalue weighted by molar-refractivity contribution is 7.12. The molecule has 1 unspecified atom stereocenters. The van der Waals surface area contributed by atoms with Gasteiger partial charge in [0.1, 0.15) is 11.5 Å². The number of thiophene rings is 1. The van der Waals surface area contributed by atoms with E-state index in [0.717, 1.165) is 5.56 Å². The third-order valence-electron chi connectivity index (χ3n) is 2.54. The van der Waals surface area contributed by atoms with E-state index in [4.69, 9.17) is 5.11 Å². The molecule has 3 N–H and O–H groups in total. The number of rotatable bonds is 3. The number of hydrogen-bond donors (Lipinski definition) is 3. The maximum atomic E-state index is 12.1. The molecule has 98 valence electrons. The number of aliphatic hydroxyl groups excluding tert-OH is 1. The third kappa shape index (κ3) is 3.22. The average molecular weight is 275 g/mol. The summed E-state index contributed by atoms with van der Waals surface area (Å²) in [6.07, 6.45) is 3.41. The van der Waals surface area contributed by atoms with Crippen LogP contribution in [0.3, 0.4) is 0 Å². The Bertz CT molecular complexity index is 607. The summed E-state index contributed by atoms with van der Waals surface area (Å²) >= 11 is 1.33. The van der Waals surface area contributed by atoms with Crippen molar-refractivity contribution in [3.05, 3.63) is 39.8 Å². The van der Waals surface area contributed by atoms with Gasteiger partial charge in [0.15, 0.2) is 0 Å². The summed E-state index contributed by atoms with van der Waals surface area (Å²) < 4.78 is 0. The predicted octanol–water partition coefficient (Wildman–Crippen LogP) is 1.31. The molecule has 0 fully saturated rings. The van der Waals surface area contributed by atoms with Crippen LogP contribution in [0.25, 0.3) is 0 Å². The van der Waals surface area contributed by atoms with E-state index in [1.807, 2.05) is 6.92 Å². The van der Waals surface area contributed by atoms with E-state index in [2.05, 4.69) is 27.4 Å². The number of aromatic amines is 1. The summed E-state index contributed by atoms with van der Waals surface area (Å²) in [4.78, 5) is 12.7. The van der Waals surface area contributed by atoms with Crippen LogP contribution in [0.2, 0.25) is 0 Å². The van der Waals surface area contributed by atoms with Crippen LogP contribution in [0.4, 0.5) is 0 Å². The second-order valence-electron chi connectivity index (χ2n) is 3.85. The Morgan fingerprint density at radius 1 is 1.68 bits per heavy atom. The second-order valence-corrected chi connectivity index (χ2v) is 4.77. The fourth-order valence-corrected chi connectivity index (χ4v) is 2.31. The van der Waals surface area contributed by atoms with E-state index in [0.29, 0.717) is 10.4 Å². The number of nitrogens with zero attached hydrogens (tertiary/aromatic N) is 1. The Hall–Kier alpha value is -2.10. The molecule has 5 nitrogen and oxygen atoms in total. The van der Waals surface area contributed by atoms with Gasteiger partial charge in [-0.1, -0.05) is 11.8 Å². The van der Waals surface area contributed by atoms with Crippen molar-refractivity contribution < 1.29 is 9.90 Å². The van der Waals surface area contributed by atoms with E-state index in [1.54, 1.807) is 23.8 Å². The molecule has 0 aromatic carbocycles. The maximum Gasteiger partial charge on any atom is 0.263 e. The second kappa shape index (κ2) is 6.18. The maximum absolute atomic E-state index is 12.1. The van der Waals surface area contributed by atoms with Crippen molar-refractivity contribution in [2.45, 2.75) is 13.0 Å². The summed E-state index contributed by atoms with van der Waals surface area (Å²) in [5.41, 5.74) is 1.55. The van der Waals surface area contributed by atoms with Gasteiger partial charge in [-0.25, -0.2) is 0 Å². The van der Waals surface area contributed by atoms with Crippen LogP contribution in [0.5, 0.6) is 0 Å². The molecule has 1 amide bonds. The Labute approximate surface area is 114 Å². The van der Waals surface area contributed by atoms with E-state index >= 15 is 0 Å². The van der Waals surface area contributed by atoms with Crippen LogP contribution < -0.4 is 5.32 Å². The minimum Gasteiger partial charge on any atom is -0.384 e. The zero-order chi connectivity index (χ0) is 13.7. The summed E-state index contributed by atoms with van der Waals surface area (Å²) in [6.45, 7) is 1.66. The molecule has 0 bridgehead atoms. The van der Waals surface area contributed by atoms with Crippen LogP contribution in [0.15, 0.2) is 23.8 Å². The Morgan fingerprint density at radius 2 is 2.53 bits per heavy atom. The number of hydrogen-bond acceptors (Lipinski definition) is 4. The van der Waals surface area contributed by atoms with E-state index < -0.39 is 0 Å². The van der Waals surface area contributed by atoms with Gasteiger partial charge in [0.25, 0.3) is 5.91 Å². The van der Waals surface area contributed by atoms with Gasteiger partial charge in [-0.2, -0.15) is 5.10 Å². The minimum atomic E-state index is -0.220. The first-order valence-corrected chi connectivity index (χ1v) is 6.57. The zero-order valence-electron chi connectivity index (χ0n) is 10.3. The van der Waals surface area contributed by atoms with Gasteiger partial charge in [-0.3, -0.25) is 9.89 Å². The molecule has 0 aliphatic carbocycles. The van der Waals surface area contributed by atoms with Crippen molar-refractivity contribution in [2.75, 3.05) is 6.61 Å². The van der Waals surface area contributed by atoms with Crippen molar-refractivity contribution in [3.63, 3.8) is 0 Å². The number of carbonyl (C=O) groups is 1. The van der Waals surface area contributed by atoms with Crippen LogP contribution in [0, 0.1) is 11.8 Å². The lowest BCUT2D eigenvalue weighted by Gasteiger charge is -2.11. The SMILES string of the molecule is CC(NC(=O)c1sccc1C#CCO)c1cn[nH]c1. The van der Waals surface area contributed by atoms with E-state index in [9.17, 15) is 4.79 Å². The summed E-state index contributed by atoms with van der Waals surface area (Å²) in [5.74, 6) is 5.13. The fourth-order valence-electron chi connectivity index (χ4n) is 1.56. The molecule has 0 aliphatic rings. The third-order valence-corrected chi connectivity index (χ3v) is 3.45. The van der Waals surface area contributed by atoms with Crippen molar-refractivity contribution in [1.29, 1.82) is 0 Å². The number of carbonyl (C=O) groups excluding carboxylic acids is 1. The van der Waals surface area contributed by atoms with Gasteiger partial charge in [0.05, 0.1) is 12.2 Å². The molecule has 2 heterocycles. The molecular formula is C13H13N3O2S. The Kier molecular flexibility index (Phi) is 4.34. The molecule has 0 aliphatic heterocycles. The minimum absolute atomic E-state index is 0.132. The summed E-state index contributed by atoms with van der Waals surface area (Å²) in [7, 11) is 0. The lowest BCUT2D eigenvalue weighted by molar-refractivity contribution is 0.0944. The van der Waals surface area contributed by atoms with Gasteiger partial charge < -0.3 is 10.4 Å². The van der Waals surface area contributed by atoms with Crippen LogP contribution >= 0.6 is 11.3 Å². The standard InChI is InChI=1S/C13H13N3O2S/c1-9(11-7-14-15-8-11)16-13(18)12-10(3-2-5-17)4-6-19-12/h4,6-9,17H,5H2,1H3,(H,14,15)(H,16,18). The first kappa shape index (κ1) is 13.3. The van der Waals surface area contributed by atoms with Crippen LogP contribution in [-0.4, -0.2) is 27.8 Å². The quantitative estimate of drug-likeness (QED) is 0.739. The molecule has 0 saturated heterocycles. The first-order chi connectivity index (χ1) is 9.22. The molecule has 19 heavy (non-hydrogen) atoms. The smallest absolute Gasteiger partial charge is 0.263 e. The summed E-state index contributed by atoms with van der Waals surface area (Å²) in [6, 6.07) is 1.64. The van der Waals surface area contributed by atoms with Gasteiger partial charge in [-0.15, -0.1) is 11.3 Å². The molecule has 0 radical (unpaired) electrons. The van der Waals surface area contributed by atoms with Crippen molar-refractivity contribution in [3.8, 4) is 11.8 Å². The lowest BCUT2D eigenvalue weighted by atomic mass is 10.2. The Balaban J connectivity index is 2.10. The summed E-state index contributed by atoms with van der Waals surface area (Å²) in [5, 5.41) is 19.9. The molecule has 2 aromatic rings.